The van der Waals surface area contributed by atoms with E-state index in [1.165, 1.54) is 24.1 Å². The molecule has 2 aromatic carbocycles. The quantitative estimate of drug-likeness (QED) is 0.757. The van der Waals surface area contributed by atoms with E-state index in [0.29, 0.717) is 12.2 Å². The minimum Gasteiger partial charge on any atom is -0.483 e. The van der Waals surface area contributed by atoms with Gasteiger partial charge in [0.25, 0.3) is 5.91 Å². The van der Waals surface area contributed by atoms with Gasteiger partial charge in [-0.05, 0) is 55.2 Å². The van der Waals surface area contributed by atoms with Gasteiger partial charge in [-0.2, -0.15) is 0 Å². The number of benzene rings is 2. The first-order valence-electron chi connectivity index (χ1n) is 9.31. The highest BCUT2D eigenvalue weighted by molar-refractivity contribution is 5.88. The van der Waals surface area contributed by atoms with Crippen molar-refractivity contribution in [2.24, 2.45) is 0 Å². The van der Waals surface area contributed by atoms with Crippen LogP contribution in [0.4, 0.5) is 4.39 Å². The lowest BCUT2D eigenvalue weighted by Crippen LogP contribution is -2.49. The second-order valence-electron chi connectivity index (χ2n) is 6.74. The van der Waals surface area contributed by atoms with Gasteiger partial charge in [-0.15, -0.1) is 0 Å². The summed E-state index contributed by atoms with van der Waals surface area (Å²) in [7, 11) is 1.54. The number of halogens is 1. The van der Waals surface area contributed by atoms with E-state index in [9.17, 15) is 14.0 Å². The van der Waals surface area contributed by atoms with Gasteiger partial charge in [-0.25, -0.2) is 4.39 Å². The van der Waals surface area contributed by atoms with Crippen LogP contribution in [0.15, 0.2) is 42.5 Å². The Hall–Kier alpha value is -2.89. The number of likely N-dealkylation sites (N-methyl/N-ethyl adjacent to an activating group) is 1. The summed E-state index contributed by atoms with van der Waals surface area (Å²) in [6.07, 6.45) is 0.454. The van der Waals surface area contributed by atoms with Crippen molar-refractivity contribution in [3.63, 3.8) is 0 Å². The molecule has 6 heteroatoms. The Labute approximate surface area is 165 Å². The first kappa shape index (κ1) is 21.4. The van der Waals surface area contributed by atoms with Crippen LogP contribution in [0, 0.1) is 19.7 Å². The van der Waals surface area contributed by atoms with Gasteiger partial charge in [0.15, 0.2) is 6.61 Å². The summed E-state index contributed by atoms with van der Waals surface area (Å²) < 4.78 is 18.9. The zero-order valence-corrected chi connectivity index (χ0v) is 16.8. The average molecular weight is 386 g/mol. The van der Waals surface area contributed by atoms with Gasteiger partial charge >= 0.3 is 0 Å². The van der Waals surface area contributed by atoms with Crippen LogP contribution in [0.3, 0.4) is 0 Å². The fourth-order valence-electron chi connectivity index (χ4n) is 2.96. The summed E-state index contributed by atoms with van der Waals surface area (Å²) in [6.45, 7) is 5.72. The zero-order valence-electron chi connectivity index (χ0n) is 16.8. The highest BCUT2D eigenvalue weighted by atomic mass is 19.1. The Bertz CT molecular complexity index is 821. The molecule has 2 aromatic rings. The molecule has 150 valence electrons. The number of carbonyl (C=O) groups is 2. The van der Waals surface area contributed by atoms with Crippen LogP contribution in [-0.4, -0.2) is 36.4 Å². The lowest BCUT2D eigenvalue weighted by molar-refractivity contribution is -0.142. The van der Waals surface area contributed by atoms with Crippen LogP contribution in [0.25, 0.3) is 0 Å². The molecule has 0 aliphatic rings. The molecule has 5 nitrogen and oxygen atoms in total. The number of hydrogen-bond acceptors (Lipinski definition) is 3. The molecule has 0 fully saturated rings. The molecule has 0 aliphatic heterocycles. The third-order valence-corrected chi connectivity index (χ3v) is 4.59. The van der Waals surface area contributed by atoms with E-state index in [1.54, 1.807) is 12.1 Å². The summed E-state index contributed by atoms with van der Waals surface area (Å²) in [5, 5.41) is 2.60. The Morgan fingerprint density at radius 1 is 1.14 bits per heavy atom. The highest BCUT2D eigenvalue weighted by Crippen LogP contribution is 2.20. The molecule has 2 amide bonds. The van der Waals surface area contributed by atoms with E-state index in [2.05, 4.69) is 5.32 Å². The van der Waals surface area contributed by atoms with Crippen LogP contribution < -0.4 is 10.1 Å². The Kier molecular flexibility index (Phi) is 7.55. The van der Waals surface area contributed by atoms with Crippen LogP contribution in [0.1, 0.15) is 30.0 Å². The van der Waals surface area contributed by atoms with Crippen molar-refractivity contribution in [3.05, 3.63) is 65.0 Å². The minimum absolute atomic E-state index is 0.182. The van der Waals surface area contributed by atoms with Crippen molar-refractivity contribution >= 4 is 11.8 Å². The minimum atomic E-state index is -0.634. The van der Waals surface area contributed by atoms with Gasteiger partial charge in [-0.3, -0.25) is 9.59 Å². The number of rotatable bonds is 8. The number of carbonyl (C=O) groups excluding carboxylic acids is 2. The normalized spacial score (nSPS) is 11.6. The van der Waals surface area contributed by atoms with Gasteiger partial charge in [0.05, 0.1) is 0 Å². The predicted octanol–water partition coefficient (Wildman–Crippen LogP) is 3.37. The summed E-state index contributed by atoms with van der Waals surface area (Å²) in [4.78, 5) is 26.7. The van der Waals surface area contributed by atoms with Gasteiger partial charge in [0.1, 0.15) is 17.6 Å². The molecular formula is C22H27FN2O3. The monoisotopic (exact) mass is 386 g/mol. The van der Waals surface area contributed by atoms with E-state index in [4.69, 9.17) is 4.74 Å². The maximum absolute atomic E-state index is 13.2. The Morgan fingerprint density at radius 3 is 2.43 bits per heavy atom. The van der Waals surface area contributed by atoms with E-state index < -0.39 is 6.04 Å². The van der Waals surface area contributed by atoms with Crippen molar-refractivity contribution in [2.45, 2.75) is 39.8 Å². The topological polar surface area (TPSA) is 58.6 Å². The average Bonchev–Trinajstić information content (AvgIpc) is 2.69. The molecule has 0 saturated carbocycles. The molecule has 2 rings (SSSR count). The van der Waals surface area contributed by atoms with Crippen LogP contribution in [0.2, 0.25) is 0 Å². The number of nitrogens with one attached hydrogen (secondary N) is 1. The number of nitrogens with zero attached hydrogens (tertiary/aromatic N) is 1. The fraction of sp³-hybridized carbons (Fsp3) is 0.364. The van der Waals surface area contributed by atoms with Crippen LogP contribution in [-0.2, 0) is 16.1 Å². The third-order valence-electron chi connectivity index (χ3n) is 4.59. The van der Waals surface area contributed by atoms with Gasteiger partial charge in [-0.1, -0.05) is 31.2 Å². The van der Waals surface area contributed by atoms with Crippen molar-refractivity contribution in [1.82, 2.24) is 10.2 Å². The number of hydrogen-bond donors (Lipinski definition) is 1. The van der Waals surface area contributed by atoms with E-state index in [0.717, 1.165) is 16.7 Å². The van der Waals surface area contributed by atoms with Crippen LogP contribution >= 0.6 is 0 Å². The third kappa shape index (κ3) is 5.55. The number of aryl methyl sites for hydroxylation is 2. The van der Waals surface area contributed by atoms with E-state index in [1.807, 2.05) is 39.0 Å². The molecule has 0 heterocycles. The molecule has 0 saturated heterocycles. The second kappa shape index (κ2) is 9.88. The molecule has 1 N–H and O–H groups in total. The Balaban J connectivity index is 2.20. The van der Waals surface area contributed by atoms with E-state index in [-0.39, 0.29) is 30.8 Å². The molecule has 1 atom stereocenters. The summed E-state index contributed by atoms with van der Waals surface area (Å²) in [5.41, 5.74) is 2.71. The molecule has 0 radical (unpaired) electrons. The molecule has 0 spiro atoms. The summed E-state index contributed by atoms with van der Waals surface area (Å²) in [6, 6.07) is 11.0. The van der Waals surface area contributed by atoms with Crippen molar-refractivity contribution in [2.75, 3.05) is 13.7 Å². The van der Waals surface area contributed by atoms with Crippen molar-refractivity contribution in [3.8, 4) is 5.75 Å². The first-order chi connectivity index (χ1) is 13.3. The molecule has 0 unspecified atom stereocenters. The maximum Gasteiger partial charge on any atom is 0.261 e. The predicted molar refractivity (Wildman–Crippen MR) is 107 cm³/mol. The zero-order chi connectivity index (χ0) is 20.7. The molecule has 28 heavy (non-hydrogen) atoms. The molecule has 0 aliphatic carbocycles. The lowest BCUT2D eigenvalue weighted by Gasteiger charge is -2.30. The molecule has 0 bridgehead atoms. The first-order valence-corrected chi connectivity index (χ1v) is 9.31. The molecule has 0 aromatic heterocycles. The fourth-order valence-corrected chi connectivity index (χ4v) is 2.96. The number of amides is 2. The largest absolute Gasteiger partial charge is 0.483 e. The smallest absolute Gasteiger partial charge is 0.261 e. The Morgan fingerprint density at radius 2 is 1.82 bits per heavy atom. The van der Waals surface area contributed by atoms with Crippen LogP contribution in [0.5, 0.6) is 5.75 Å². The SMILES string of the molecule is CC[C@H](C(=O)NC)N(Cc1ccc(F)cc1)C(=O)COc1cc(C)ccc1C. The highest BCUT2D eigenvalue weighted by Gasteiger charge is 2.28. The summed E-state index contributed by atoms with van der Waals surface area (Å²) >= 11 is 0. The second-order valence-corrected chi connectivity index (χ2v) is 6.74. The van der Waals surface area contributed by atoms with Crippen molar-refractivity contribution in [1.29, 1.82) is 0 Å². The maximum atomic E-state index is 13.2. The lowest BCUT2D eigenvalue weighted by atomic mass is 10.1. The van der Waals surface area contributed by atoms with Crippen molar-refractivity contribution < 1.29 is 18.7 Å². The van der Waals surface area contributed by atoms with E-state index >= 15 is 0 Å². The number of ether oxygens (including phenoxy) is 1. The van der Waals surface area contributed by atoms with Gasteiger partial charge < -0.3 is 15.0 Å². The molecular weight excluding hydrogens is 359 g/mol. The summed E-state index contributed by atoms with van der Waals surface area (Å²) in [5.74, 6) is -0.258. The standard InChI is InChI=1S/C22H27FN2O3/c1-5-19(22(27)24-4)25(13-17-8-10-18(23)11-9-17)21(26)14-28-20-12-15(2)6-7-16(20)3/h6-12,19H,5,13-14H2,1-4H3,(H,24,27)/t19-/m1/s1. The van der Waals surface area contributed by atoms with Gasteiger partial charge in [0.2, 0.25) is 5.91 Å². The van der Waals surface area contributed by atoms with Gasteiger partial charge in [0, 0.05) is 13.6 Å².